The van der Waals surface area contributed by atoms with Gasteiger partial charge in [-0.05, 0) is 53.9 Å². The van der Waals surface area contributed by atoms with Gasteiger partial charge in [-0.15, -0.1) is 0 Å². The van der Waals surface area contributed by atoms with Gasteiger partial charge in [-0.3, -0.25) is 0 Å². The van der Waals surface area contributed by atoms with E-state index >= 15 is 0 Å². The Morgan fingerprint density at radius 2 is 1.92 bits per heavy atom. The van der Waals surface area contributed by atoms with Crippen LogP contribution in [0.3, 0.4) is 0 Å². The zero-order valence-electron chi connectivity index (χ0n) is 13.9. The van der Waals surface area contributed by atoms with Crippen LogP contribution in [-0.2, 0) is 6.42 Å². The van der Waals surface area contributed by atoms with Gasteiger partial charge >= 0.3 is 0 Å². The van der Waals surface area contributed by atoms with Crippen LogP contribution in [0.1, 0.15) is 29.2 Å². The van der Waals surface area contributed by atoms with E-state index in [1.54, 1.807) is 6.08 Å². The SMILES string of the molecule is C=CCOc1ccc([C@@H]2NC(=S)NC3=C2CCc2ccccc23)cc1. The van der Waals surface area contributed by atoms with Crippen LogP contribution in [0.25, 0.3) is 5.70 Å². The first kappa shape index (κ1) is 15.9. The second-order valence-electron chi connectivity index (χ2n) is 6.26. The molecule has 0 amide bonds. The molecule has 0 radical (unpaired) electrons. The van der Waals surface area contributed by atoms with Crippen molar-refractivity contribution < 1.29 is 4.74 Å². The third-order valence-corrected chi connectivity index (χ3v) is 4.94. The summed E-state index contributed by atoms with van der Waals surface area (Å²) in [6.45, 7) is 4.19. The van der Waals surface area contributed by atoms with Crippen LogP contribution in [0.5, 0.6) is 5.75 Å². The minimum absolute atomic E-state index is 0.102. The first-order chi connectivity index (χ1) is 12.3. The summed E-state index contributed by atoms with van der Waals surface area (Å²) in [6, 6.07) is 16.9. The highest BCUT2D eigenvalue weighted by Crippen LogP contribution is 2.38. The van der Waals surface area contributed by atoms with E-state index in [2.05, 4.69) is 53.6 Å². The number of nitrogens with one attached hydrogen (secondary N) is 2. The van der Waals surface area contributed by atoms with E-state index in [0.717, 1.165) is 18.6 Å². The van der Waals surface area contributed by atoms with Crippen molar-refractivity contribution in [2.45, 2.75) is 18.9 Å². The topological polar surface area (TPSA) is 33.3 Å². The zero-order valence-corrected chi connectivity index (χ0v) is 14.7. The summed E-state index contributed by atoms with van der Waals surface area (Å²) in [5.41, 5.74) is 6.38. The van der Waals surface area contributed by atoms with Crippen LogP contribution in [0, 0.1) is 0 Å². The van der Waals surface area contributed by atoms with Crippen LogP contribution in [0.15, 0.2) is 66.8 Å². The molecular weight excluding hydrogens is 328 g/mol. The minimum atomic E-state index is 0.102. The molecule has 0 unspecified atom stereocenters. The van der Waals surface area contributed by atoms with Gasteiger partial charge in [0.1, 0.15) is 12.4 Å². The average molecular weight is 348 g/mol. The number of rotatable bonds is 4. The molecule has 0 spiro atoms. The van der Waals surface area contributed by atoms with E-state index in [9.17, 15) is 0 Å². The van der Waals surface area contributed by atoms with Crippen molar-refractivity contribution in [3.63, 3.8) is 0 Å². The molecule has 0 bridgehead atoms. The van der Waals surface area contributed by atoms with E-state index in [1.807, 2.05) is 12.1 Å². The molecule has 1 atom stereocenters. The van der Waals surface area contributed by atoms with Crippen LogP contribution in [0.4, 0.5) is 0 Å². The number of thiocarbonyl (C=S) groups is 1. The summed E-state index contributed by atoms with van der Waals surface area (Å²) in [5.74, 6) is 0.850. The van der Waals surface area contributed by atoms with Gasteiger partial charge in [-0.1, -0.05) is 49.1 Å². The molecule has 2 aromatic carbocycles. The fraction of sp³-hybridized carbons (Fsp3) is 0.190. The fourth-order valence-electron chi connectivity index (χ4n) is 3.55. The highest BCUT2D eigenvalue weighted by Gasteiger charge is 2.30. The average Bonchev–Trinajstić information content (AvgIpc) is 2.66. The lowest BCUT2D eigenvalue weighted by Crippen LogP contribution is -2.44. The normalized spacial score (nSPS) is 18.6. The smallest absolute Gasteiger partial charge is 0.171 e. The van der Waals surface area contributed by atoms with Crippen LogP contribution in [0.2, 0.25) is 0 Å². The van der Waals surface area contributed by atoms with Crippen molar-refractivity contribution in [3.05, 3.63) is 83.4 Å². The van der Waals surface area contributed by atoms with E-state index in [1.165, 1.54) is 28.0 Å². The van der Waals surface area contributed by atoms with Crippen molar-refractivity contribution in [3.8, 4) is 5.75 Å². The number of aryl methyl sites for hydroxylation is 1. The highest BCUT2D eigenvalue weighted by molar-refractivity contribution is 7.80. The molecule has 2 N–H and O–H groups in total. The number of hydrogen-bond acceptors (Lipinski definition) is 2. The molecule has 3 nitrogen and oxygen atoms in total. The quantitative estimate of drug-likeness (QED) is 0.643. The van der Waals surface area contributed by atoms with Gasteiger partial charge < -0.3 is 15.4 Å². The predicted molar refractivity (Wildman–Crippen MR) is 105 cm³/mol. The maximum absolute atomic E-state index is 5.58. The molecule has 2 aromatic rings. The number of benzene rings is 2. The molecule has 0 fully saturated rings. The Labute approximate surface area is 153 Å². The molecule has 126 valence electrons. The summed E-state index contributed by atoms with van der Waals surface area (Å²) in [4.78, 5) is 0. The highest BCUT2D eigenvalue weighted by atomic mass is 32.1. The molecule has 1 aliphatic heterocycles. The van der Waals surface area contributed by atoms with Gasteiger partial charge in [0.2, 0.25) is 0 Å². The van der Waals surface area contributed by atoms with Gasteiger partial charge in [0.05, 0.1) is 6.04 Å². The lowest BCUT2D eigenvalue weighted by Gasteiger charge is -2.35. The van der Waals surface area contributed by atoms with Crippen molar-refractivity contribution in [1.29, 1.82) is 0 Å². The second-order valence-corrected chi connectivity index (χ2v) is 6.67. The van der Waals surface area contributed by atoms with Crippen molar-refractivity contribution in [2.75, 3.05) is 6.61 Å². The van der Waals surface area contributed by atoms with E-state index in [4.69, 9.17) is 17.0 Å². The van der Waals surface area contributed by atoms with Gasteiger partial charge in [-0.2, -0.15) is 0 Å². The first-order valence-corrected chi connectivity index (χ1v) is 8.89. The predicted octanol–water partition coefficient (Wildman–Crippen LogP) is 4.13. The summed E-state index contributed by atoms with van der Waals surface area (Å²) in [6.07, 6.45) is 3.83. The van der Waals surface area contributed by atoms with Crippen molar-refractivity contribution in [1.82, 2.24) is 10.6 Å². The first-order valence-electron chi connectivity index (χ1n) is 8.49. The van der Waals surface area contributed by atoms with E-state index in [0.29, 0.717) is 11.7 Å². The second kappa shape index (κ2) is 6.73. The molecular formula is C21H20N2OS. The summed E-state index contributed by atoms with van der Waals surface area (Å²) >= 11 is 5.47. The summed E-state index contributed by atoms with van der Waals surface area (Å²) in [5, 5.41) is 7.48. The molecule has 1 heterocycles. The Hall–Kier alpha value is -2.59. The molecule has 0 aromatic heterocycles. The van der Waals surface area contributed by atoms with E-state index < -0.39 is 0 Å². The Bertz CT molecular complexity index is 854. The maximum atomic E-state index is 5.58. The molecule has 4 rings (SSSR count). The zero-order chi connectivity index (χ0) is 17.2. The number of hydrogen-bond donors (Lipinski definition) is 2. The molecule has 0 saturated heterocycles. The Kier molecular flexibility index (Phi) is 4.28. The monoisotopic (exact) mass is 348 g/mol. The standard InChI is InChI=1S/C21H20N2OS/c1-2-13-24-16-10-7-15(8-11-16)19-18-12-9-14-5-3-4-6-17(14)20(18)23-21(25)22-19/h2-8,10-11,19H,1,9,12-13H2,(H2,22,23,25)/t19-/m0/s1. The molecule has 1 aliphatic carbocycles. The number of ether oxygens (including phenoxy) is 1. The number of fused-ring (bicyclic) bond motifs is 2. The lowest BCUT2D eigenvalue weighted by molar-refractivity contribution is 0.363. The molecule has 0 saturated carbocycles. The minimum Gasteiger partial charge on any atom is -0.490 e. The molecule has 4 heteroatoms. The Morgan fingerprint density at radius 1 is 1.12 bits per heavy atom. The van der Waals surface area contributed by atoms with Gasteiger partial charge in [0.25, 0.3) is 0 Å². The molecule has 25 heavy (non-hydrogen) atoms. The van der Waals surface area contributed by atoms with Crippen LogP contribution >= 0.6 is 12.2 Å². The summed E-state index contributed by atoms with van der Waals surface area (Å²) in [7, 11) is 0. The van der Waals surface area contributed by atoms with Crippen LogP contribution < -0.4 is 15.4 Å². The van der Waals surface area contributed by atoms with Crippen molar-refractivity contribution >= 4 is 23.0 Å². The lowest BCUT2D eigenvalue weighted by atomic mass is 9.83. The van der Waals surface area contributed by atoms with Gasteiger partial charge in [-0.25, -0.2) is 0 Å². The maximum Gasteiger partial charge on any atom is 0.171 e. The third-order valence-electron chi connectivity index (χ3n) is 4.72. The van der Waals surface area contributed by atoms with Crippen molar-refractivity contribution in [2.24, 2.45) is 0 Å². The fourth-order valence-corrected chi connectivity index (χ4v) is 3.77. The Morgan fingerprint density at radius 3 is 2.72 bits per heavy atom. The largest absolute Gasteiger partial charge is 0.490 e. The van der Waals surface area contributed by atoms with E-state index in [-0.39, 0.29) is 6.04 Å². The summed E-state index contributed by atoms with van der Waals surface area (Å²) < 4.78 is 5.58. The third kappa shape index (κ3) is 3.05. The Balaban J connectivity index is 1.70. The van der Waals surface area contributed by atoms with Gasteiger partial charge in [0, 0.05) is 11.3 Å². The molecule has 2 aliphatic rings. The van der Waals surface area contributed by atoms with Gasteiger partial charge in [0.15, 0.2) is 5.11 Å². The van der Waals surface area contributed by atoms with Crippen LogP contribution in [-0.4, -0.2) is 11.7 Å².